The molecule has 124 valence electrons. The van der Waals surface area contributed by atoms with Crippen LogP contribution in [0.15, 0.2) is 42.5 Å². The average Bonchev–Trinajstić information content (AvgIpc) is 2.55. The number of carbonyl (C=O) groups excluding carboxylic acids is 1. The van der Waals surface area contributed by atoms with E-state index in [0.29, 0.717) is 27.9 Å². The predicted molar refractivity (Wildman–Crippen MR) is 101 cm³/mol. The third-order valence-electron chi connectivity index (χ3n) is 3.52. The Morgan fingerprint density at radius 2 is 1.96 bits per heavy atom. The fourth-order valence-electron chi connectivity index (χ4n) is 2.16. The third kappa shape index (κ3) is 5.30. The second-order valence-corrected chi connectivity index (χ2v) is 7.16. The van der Waals surface area contributed by atoms with Gasteiger partial charge in [0.2, 0.25) is 5.91 Å². The molecular weight excluding hydrogens is 340 g/mol. The Morgan fingerprint density at radius 1 is 1.25 bits per heavy atom. The molecule has 0 radical (unpaired) electrons. The minimum absolute atomic E-state index is 0.141. The summed E-state index contributed by atoms with van der Waals surface area (Å²) in [6, 6.07) is 15.3. The molecule has 0 aliphatic rings. The van der Waals surface area contributed by atoms with Crippen LogP contribution in [0.2, 0.25) is 5.02 Å². The van der Waals surface area contributed by atoms with Crippen molar-refractivity contribution in [3.63, 3.8) is 0 Å². The largest absolute Gasteiger partial charge is 0.324 e. The van der Waals surface area contributed by atoms with Crippen LogP contribution in [0, 0.1) is 11.3 Å². The minimum atomic E-state index is -0.141. The first kappa shape index (κ1) is 18.4. The fourth-order valence-corrected chi connectivity index (χ4v) is 3.12. The second-order valence-electron chi connectivity index (χ2n) is 5.74. The Morgan fingerprint density at radius 3 is 2.58 bits per heavy atom. The molecule has 0 aliphatic heterocycles. The Hall–Kier alpha value is -1.96. The number of nitrogens with zero attached hydrogens (tertiary/aromatic N) is 1. The highest BCUT2D eigenvalue weighted by molar-refractivity contribution is 7.99. The van der Waals surface area contributed by atoms with Crippen LogP contribution in [0.1, 0.15) is 36.5 Å². The molecule has 2 rings (SSSR count). The van der Waals surface area contributed by atoms with Gasteiger partial charge in [-0.25, -0.2) is 0 Å². The highest BCUT2D eigenvalue weighted by Crippen LogP contribution is 2.21. The summed E-state index contributed by atoms with van der Waals surface area (Å²) in [5.41, 5.74) is 3.36. The minimum Gasteiger partial charge on any atom is -0.324 e. The molecule has 2 aromatic rings. The van der Waals surface area contributed by atoms with E-state index in [1.54, 1.807) is 18.2 Å². The Balaban J connectivity index is 1.85. The van der Waals surface area contributed by atoms with Gasteiger partial charge in [-0.1, -0.05) is 49.7 Å². The van der Waals surface area contributed by atoms with Gasteiger partial charge in [0.1, 0.15) is 6.07 Å². The Labute approximate surface area is 152 Å². The van der Waals surface area contributed by atoms with Crippen molar-refractivity contribution < 1.29 is 4.79 Å². The molecule has 0 aromatic heterocycles. The fraction of sp³-hybridized carbons (Fsp3) is 0.263. The predicted octanol–water partition coefficient (Wildman–Crippen LogP) is 5.21. The molecule has 2 aromatic carbocycles. The van der Waals surface area contributed by atoms with E-state index in [0.717, 1.165) is 5.75 Å². The van der Waals surface area contributed by atoms with Gasteiger partial charge in [0.25, 0.3) is 0 Å². The molecule has 0 bridgehead atoms. The molecule has 0 fully saturated rings. The van der Waals surface area contributed by atoms with Crippen LogP contribution in [0.4, 0.5) is 5.69 Å². The number of benzene rings is 2. The van der Waals surface area contributed by atoms with Crippen molar-refractivity contribution in [3.8, 4) is 6.07 Å². The van der Waals surface area contributed by atoms with Crippen molar-refractivity contribution in [2.75, 3.05) is 11.1 Å². The summed E-state index contributed by atoms with van der Waals surface area (Å²) in [7, 11) is 0. The maximum atomic E-state index is 12.0. The first-order valence-electron chi connectivity index (χ1n) is 7.65. The summed E-state index contributed by atoms with van der Waals surface area (Å²) in [6.45, 7) is 4.33. The number of amides is 1. The van der Waals surface area contributed by atoms with Gasteiger partial charge in [-0.2, -0.15) is 5.26 Å². The molecule has 0 atom stereocenters. The highest BCUT2D eigenvalue weighted by Gasteiger charge is 2.08. The van der Waals surface area contributed by atoms with Crippen LogP contribution in [0.3, 0.4) is 0 Å². The van der Waals surface area contributed by atoms with Gasteiger partial charge in [0.15, 0.2) is 0 Å². The lowest BCUT2D eigenvalue weighted by molar-refractivity contribution is -0.113. The van der Waals surface area contributed by atoms with Crippen molar-refractivity contribution in [2.45, 2.75) is 25.5 Å². The molecule has 24 heavy (non-hydrogen) atoms. The van der Waals surface area contributed by atoms with Crippen molar-refractivity contribution in [2.24, 2.45) is 0 Å². The normalized spacial score (nSPS) is 10.5. The van der Waals surface area contributed by atoms with Crippen molar-refractivity contribution >= 4 is 35.0 Å². The summed E-state index contributed by atoms with van der Waals surface area (Å²) in [4.78, 5) is 12.0. The lowest BCUT2D eigenvalue weighted by atomic mass is 10.0. The molecule has 0 unspecified atom stereocenters. The van der Waals surface area contributed by atoms with E-state index in [9.17, 15) is 4.79 Å². The van der Waals surface area contributed by atoms with E-state index in [4.69, 9.17) is 16.9 Å². The van der Waals surface area contributed by atoms with Gasteiger partial charge in [-0.05, 0) is 35.2 Å². The standard InChI is InChI=1S/C19H19ClN2OS/c1-13(2)15-5-3-14(4-6-15)11-24-12-19(23)22-18-9-17(20)8-7-16(18)10-21/h3-9,13H,11-12H2,1-2H3,(H,22,23). The van der Waals surface area contributed by atoms with Crippen LogP contribution in [0.5, 0.6) is 0 Å². The van der Waals surface area contributed by atoms with Crippen LogP contribution in [-0.2, 0) is 10.5 Å². The van der Waals surface area contributed by atoms with Gasteiger partial charge < -0.3 is 5.32 Å². The van der Waals surface area contributed by atoms with E-state index in [2.05, 4.69) is 43.4 Å². The van der Waals surface area contributed by atoms with Gasteiger partial charge >= 0.3 is 0 Å². The van der Waals surface area contributed by atoms with Crippen molar-refractivity contribution in [3.05, 3.63) is 64.2 Å². The molecule has 0 saturated carbocycles. The van der Waals surface area contributed by atoms with E-state index >= 15 is 0 Å². The zero-order chi connectivity index (χ0) is 17.5. The van der Waals surface area contributed by atoms with Gasteiger partial charge in [-0.15, -0.1) is 11.8 Å². The third-order valence-corrected chi connectivity index (χ3v) is 4.76. The molecular formula is C19H19ClN2OS. The summed E-state index contributed by atoms with van der Waals surface area (Å²) in [5, 5.41) is 12.3. The van der Waals surface area contributed by atoms with E-state index in [1.807, 2.05) is 6.07 Å². The molecule has 5 heteroatoms. The van der Waals surface area contributed by atoms with Crippen LogP contribution in [-0.4, -0.2) is 11.7 Å². The quantitative estimate of drug-likeness (QED) is 0.771. The number of anilines is 1. The molecule has 1 amide bonds. The number of carbonyl (C=O) groups is 1. The zero-order valence-corrected chi connectivity index (χ0v) is 15.2. The molecule has 0 spiro atoms. The maximum absolute atomic E-state index is 12.0. The van der Waals surface area contributed by atoms with E-state index in [-0.39, 0.29) is 5.91 Å². The lowest BCUT2D eigenvalue weighted by Crippen LogP contribution is -2.15. The van der Waals surface area contributed by atoms with Crippen LogP contribution < -0.4 is 5.32 Å². The number of nitriles is 1. The van der Waals surface area contributed by atoms with E-state index in [1.165, 1.54) is 22.9 Å². The number of halogens is 1. The molecule has 0 saturated heterocycles. The smallest absolute Gasteiger partial charge is 0.234 e. The maximum Gasteiger partial charge on any atom is 0.234 e. The molecule has 0 aliphatic carbocycles. The average molecular weight is 359 g/mol. The summed E-state index contributed by atoms with van der Waals surface area (Å²) in [5.74, 6) is 1.47. The van der Waals surface area contributed by atoms with Gasteiger partial charge in [-0.3, -0.25) is 4.79 Å². The van der Waals surface area contributed by atoms with Crippen molar-refractivity contribution in [1.29, 1.82) is 5.26 Å². The monoisotopic (exact) mass is 358 g/mol. The molecule has 3 nitrogen and oxygen atoms in total. The first-order chi connectivity index (χ1) is 11.5. The van der Waals surface area contributed by atoms with Gasteiger partial charge in [0, 0.05) is 10.8 Å². The number of hydrogen-bond acceptors (Lipinski definition) is 3. The summed E-state index contributed by atoms with van der Waals surface area (Å²) >= 11 is 7.45. The number of thioether (sulfide) groups is 1. The van der Waals surface area contributed by atoms with Gasteiger partial charge in [0.05, 0.1) is 17.0 Å². The number of nitrogens with one attached hydrogen (secondary N) is 1. The van der Waals surface area contributed by atoms with Crippen molar-refractivity contribution in [1.82, 2.24) is 0 Å². The molecule has 0 heterocycles. The number of rotatable bonds is 6. The highest BCUT2D eigenvalue weighted by atomic mass is 35.5. The topological polar surface area (TPSA) is 52.9 Å². The van der Waals surface area contributed by atoms with Crippen LogP contribution >= 0.6 is 23.4 Å². The van der Waals surface area contributed by atoms with E-state index < -0.39 is 0 Å². The Kier molecular flexibility index (Phi) is 6.72. The van der Waals surface area contributed by atoms with Crippen LogP contribution in [0.25, 0.3) is 0 Å². The number of hydrogen-bond donors (Lipinski definition) is 1. The zero-order valence-electron chi connectivity index (χ0n) is 13.7. The lowest BCUT2D eigenvalue weighted by Gasteiger charge is -2.08. The summed E-state index contributed by atoms with van der Waals surface area (Å²) < 4.78 is 0. The molecule has 1 N–H and O–H groups in total. The first-order valence-corrected chi connectivity index (χ1v) is 9.19. The summed E-state index contributed by atoms with van der Waals surface area (Å²) in [6.07, 6.45) is 0. The Bertz CT molecular complexity index is 751. The SMILES string of the molecule is CC(C)c1ccc(CSCC(=O)Nc2cc(Cl)ccc2C#N)cc1. The second kappa shape index (κ2) is 8.77.